The molecule has 1 aromatic heterocycles. The molecule has 2 aromatic rings. The number of nitrogens with one attached hydrogen (secondary N) is 1. The first-order chi connectivity index (χ1) is 7.27. The van der Waals surface area contributed by atoms with Gasteiger partial charge in [-0.1, -0.05) is 11.6 Å². The molecule has 0 fully saturated rings. The molecule has 2 rings (SSSR count). The fraction of sp³-hybridized carbons (Fsp3) is 0.100. The first-order valence-electron chi connectivity index (χ1n) is 4.35. The van der Waals surface area contributed by atoms with Crippen LogP contribution in [0.2, 0.25) is 5.02 Å². The molecule has 1 aromatic carbocycles. The lowest BCUT2D eigenvalue weighted by atomic mass is 10.1. The van der Waals surface area contributed by atoms with Crippen molar-refractivity contribution in [1.82, 2.24) is 4.98 Å². The van der Waals surface area contributed by atoms with Crippen molar-refractivity contribution < 1.29 is 4.74 Å². The minimum atomic E-state index is 0.572. The molecule has 0 aliphatic rings. The van der Waals surface area contributed by atoms with Crippen LogP contribution in [0.4, 0.5) is 5.69 Å². The van der Waals surface area contributed by atoms with Gasteiger partial charge in [0, 0.05) is 6.20 Å². The number of ether oxygens (including phenoxy) is 1. The van der Waals surface area contributed by atoms with Crippen molar-refractivity contribution in [3.63, 3.8) is 0 Å². The summed E-state index contributed by atoms with van der Waals surface area (Å²) < 4.78 is 5.23. The maximum atomic E-state index is 6.03. The Morgan fingerprint density at radius 1 is 1.40 bits per heavy atom. The number of nitrogens with two attached hydrogens (primary N) is 1. The van der Waals surface area contributed by atoms with Gasteiger partial charge in [0.15, 0.2) is 0 Å². The first kappa shape index (κ1) is 10.0. The Bertz CT molecular complexity index is 491. The summed E-state index contributed by atoms with van der Waals surface area (Å²) in [6.07, 6.45) is 1.64. The summed E-state index contributed by atoms with van der Waals surface area (Å²) in [6.45, 7) is 0. The van der Waals surface area contributed by atoms with Crippen molar-refractivity contribution in [2.24, 2.45) is 5.84 Å². The van der Waals surface area contributed by atoms with Crippen molar-refractivity contribution in [3.05, 3.63) is 29.4 Å². The molecule has 0 saturated heterocycles. The van der Waals surface area contributed by atoms with E-state index in [1.54, 1.807) is 31.5 Å². The van der Waals surface area contributed by atoms with Crippen LogP contribution in [-0.2, 0) is 0 Å². The molecule has 1 heterocycles. The molecule has 15 heavy (non-hydrogen) atoms. The van der Waals surface area contributed by atoms with E-state index in [2.05, 4.69) is 10.4 Å². The lowest BCUT2D eigenvalue weighted by molar-refractivity contribution is 0.420. The highest BCUT2D eigenvalue weighted by Crippen LogP contribution is 2.34. The summed E-state index contributed by atoms with van der Waals surface area (Å²) in [5, 5.41) is 1.36. The van der Waals surface area contributed by atoms with Crippen LogP contribution in [0.25, 0.3) is 10.9 Å². The second-order valence-corrected chi connectivity index (χ2v) is 3.38. The van der Waals surface area contributed by atoms with Gasteiger partial charge in [-0.25, -0.2) is 0 Å². The van der Waals surface area contributed by atoms with Crippen LogP contribution in [0.1, 0.15) is 0 Å². The highest BCUT2D eigenvalue weighted by molar-refractivity contribution is 6.35. The average molecular weight is 224 g/mol. The summed E-state index contributed by atoms with van der Waals surface area (Å²) in [5.74, 6) is 6.10. The van der Waals surface area contributed by atoms with E-state index in [-0.39, 0.29) is 0 Å². The molecule has 0 aliphatic heterocycles. The van der Waals surface area contributed by atoms with E-state index in [1.165, 1.54) is 0 Å². The predicted octanol–water partition coefficient (Wildman–Crippen LogP) is 2.18. The highest BCUT2D eigenvalue weighted by Gasteiger charge is 2.09. The minimum Gasteiger partial charge on any atom is -0.496 e. The van der Waals surface area contributed by atoms with Crippen LogP contribution in [0.5, 0.6) is 5.75 Å². The van der Waals surface area contributed by atoms with Gasteiger partial charge in [-0.05, 0) is 18.2 Å². The number of nitrogen functional groups attached to an aromatic ring is 1. The maximum absolute atomic E-state index is 6.03. The fourth-order valence-corrected chi connectivity index (χ4v) is 1.70. The minimum absolute atomic E-state index is 0.572. The number of aromatic nitrogens is 1. The van der Waals surface area contributed by atoms with Crippen LogP contribution in [0, 0.1) is 0 Å². The zero-order valence-electron chi connectivity index (χ0n) is 8.12. The Morgan fingerprint density at radius 2 is 2.20 bits per heavy atom. The molecule has 4 nitrogen and oxygen atoms in total. The molecule has 0 bridgehead atoms. The lowest BCUT2D eigenvalue weighted by Gasteiger charge is -2.10. The SMILES string of the molecule is COc1ccc(Cl)c2nccc(NN)c12. The second-order valence-electron chi connectivity index (χ2n) is 2.98. The van der Waals surface area contributed by atoms with Crippen molar-refractivity contribution >= 4 is 28.2 Å². The topological polar surface area (TPSA) is 60.2 Å². The van der Waals surface area contributed by atoms with Gasteiger partial charge in [0.2, 0.25) is 0 Å². The molecule has 0 saturated carbocycles. The van der Waals surface area contributed by atoms with Crippen LogP contribution in [0.3, 0.4) is 0 Å². The number of nitrogens with zero attached hydrogens (tertiary/aromatic N) is 1. The zero-order valence-corrected chi connectivity index (χ0v) is 8.88. The van der Waals surface area contributed by atoms with Crippen LogP contribution >= 0.6 is 11.6 Å². The molecule has 0 unspecified atom stereocenters. The van der Waals surface area contributed by atoms with Gasteiger partial charge in [0.05, 0.1) is 28.7 Å². The van der Waals surface area contributed by atoms with Gasteiger partial charge in [0.25, 0.3) is 0 Å². The predicted molar refractivity (Wildman–Crippen MR) is 61.1 cm³/mol. The summed E-state index contributed by atoms with van der Waals surface area (Å²) in [5.41, 5.74) is 4.00. The van der Waals surface area contributed by atoms with Crippen LogP contribution in [0.15, 0.2) is 24.4 Å². The van der Waals surface area contributed by atoms with Crippen molar-refractivity contribution in [2.75, 3.05) is 12.5 Å². The molecule has 78 valence electrons. The van der Waals surface area contributed by atoms with Gasteiger partial charge < -0.3 is 10.2 Å². The molecule has 0 atom stereocenters. The number of hydrogen-bond donors (Lipinski definition) is 2. The molecule has 0 aliphatic carbocycles. The fourth-order valence-electron chi connectivity index (χ4n) is 1.49. The monoisotopic (exact) mass is 223 g/mol. The molecular weight excluding hydrogens is 214 g/mol. The quantitative estimate of drug-likeness (QED) is 0.605. The number of fused-ring (bicyclic) bond motifs is 1. The lowest BCUT2D eigenvalue weighted by Crippen LogP contribution is -2.07. The van der Waals surface area contributed by atoms with Crippen molar-refractivity contribution in [2.45, 2.75) is 0 Å². The van der Waals surface area contributed by atoms with E-state index in [4.69, 9.17) is 22.2 Å². The van der Waals surface area contributed by atoms with E-state index >= 15 is 0 Å². The summed E-state index contributed by atoms with van der Waals surface area (Å²) in [4.78, 5) is 4.19. The molecule has 5 heteroatoms. The summed E-state index contributed by atoms with van der Waals surface area (Å²) in [7, 11) is 1.59. The number of benzene rings is 1. The van der Waals surface area contributed by atoms with Crippen LogP contribution < -0.4 is 16.0 Å². The average Bonchev–Trinajstić information content (AvgIpc) is 2.29. The van der Waals surface area contributed by atoms with Crippen molar-refractivity contribution in [1.29, 1.82) is 0 Å². The van der Waals surface area contributed by atoms with E-state index in [0.717, 1.165) is 11.1 Å². The number of rotatable bonds is 2. The highest BCUT2D eigenvalue weighted by atomic mass is 35.5. The number of hydrazine groups is 1. The summed E-state index contributed by atoms with van der Waals surface area (Å²) in [6, 6.07) is 5.30. The first-order valence-corrected chi connectivity index (χ1v) is 4.73. The Labute approximate surface area is 92.0 Å². The second kappa shape index (κ2) is 3.92. The maximum Gasteiger partial charge on any atom is 0.130 e. The summed E-state index contributed by atoms with van der Waals surface area (Å²) >= 11 is 6.03. The van der Waals surface area contributed by atoms with Gasteiger partial charge in [-0.15, -0.1) is 0 Å². The number of halogens is 1. The van der Waals surface area contributed by atoms with Gasteiger partial charge in [0.1, 0.15) is 5.75 Å². The Balaban J connectivity index is 2.87. The van der Waals surface area contributed by atoms with Crippen LogP contribution in [-0.4, -0.2) is 12.1 Å². The molecule has 3 N–H and O–H groups in total. The zero-order chi connectivity index (χ0) is 10.8. The Kier molecular flexibility index (Phi) is 2.62. The normalized spacial score (nSPS) is 10.3. The molecule has 0 spiro atoms. The van der Waals surface area contributed by atoms with Gasteiger partial charge >= 0.3 is 0 Å². The smallest absolute Gasteiger partial charge is 0.130 e. The number of pyridine rings is 1. The van der Waals surface area contributed by atoms with Crippen molar-refractivity contribution in [3.8, 4) is 5.75 Å². The van der Waals surface area contributed by atoms with Gasteiger partial charge in [-0.3, -0.25) is 10.8 Å². The number of hydrogen-bond acceptors (Lipinski definition) is 4. The largest absolute Gasteiger partial charge is 0.496 e. The Morgan fingerprint density at radius 3 is 2.87 bits per heavy atom. The molecule has 0 amide bonds. The third kappa shape index (κ3) is 1.58. The number of methoxy groups -OCH3 is 1. The molecule has 0 radical (unpaired) electrons. The standard InChI is InChI=1S/C10H10ClN3O/c1-15-8-3-2-6(11)10-9(8)7(14-12)4-5-13-10/h2-5H,12H2,1H3,(H,13,14). The van der Waals surface area contributed by atoms with Gasteiger partial charge in [-0.2, -0.15) is 0 Å². The van der Waals surface area contributed by atoms with E-state index in [0.29, 0.717) is 16.3 Å². The third-order valence-electron chi connectivity index (χ3n) is 2.18. The third-order valence-corrected chi connectivity index (χ3v) is 2.49. The van der Waals surface area contributed by atoms with E-state index in [9.17, 15) is 0 Å². The Hall–Kier alpha value is -1.52. The van der Waals surface area contributed by atoms with E-state index < -0.39 is 0 Å². The van der Waals surface area contributed by atoms with E-state index in [1.807, 2.05) is 0 Å². The number of anilines is 1. The molecular formula is C10H10ClN3O.